The maximum absolute atomic E-state index is 12.5. The number of nitrogens with one attached hydrogen (secondary N) is 1. The lowest BCUT2D eigenvalue weighted by Crippen LogP contribution is -2.26. The minimum absolute atomic E-state index is 0.0788. The van der Waals surface area contributed by atoms with E-state index in [2.05, 4.69) is 15.5 Å². The van der Waals surface area contributed by atoms with Gasteiger partial charge in [-0.2, -0.15) is 0 Å². The number of carbonyl (C=O) groups excluding carboxylic acids is 1. The molecule has 7 heteroatoms. The van der Waals surface area contributed by atoms with Crippen molar-refractivity contribution in [1.82, 2.24) is 20.1 Å². The topological polar surface area (TPSA) is 89.3 Å². The monoisotopic (exact) mass is 366 g/mol. The highest BCUT2D eigenvalue weighted by molar-refractivity contribution is 5.95. The largest absolute Gasteiger partial charge is 0.504 e. The first-order valence-corrected chi connectivity index (χ1v) is 8.74. The summed E-state index contributed by atoms with van der Waals surface area (Å²) in [5.74, 6) is 1.17. The molecule has 0 fully saturated rings. The average molecular weight is 366 g/mol. The number of phenolic OH excluding ortho intramolecular Hbond substituents is 1. The Kier molecular flexibility index (Phi) is 5.71. The molecule has 3 aromatic rings. The van der Waals surface area contributed by atoms with E-state index in [0.717, 1.165) is 23.5 Å². The zero-order chi connectivity index (χ0) is 19.2. The summed E-state index contributed by atoms with van der Waals surface area (Å²) in [4.78, 5) is 12.5. The number of amides is 1. The number of methoxy groups -OCH3 is 1. The van der Waals surface area contributed by atoms with Crippen molar-refractivity contribution in [2.24, 2.45) is 0 Å². The Morgan fingerprint density at radius 3 is 2.81 bits per heavy atom. The lowest BCUT2D eigenvalue weighted by Gasteiger charge is -2.09. The molecule has 0 aliphatic heterocycles. The van der Waals surface area contributed by atoms with Crippen molar-refractivity contribution in [1.29, 1.82) is 0 Å². The van der Waals surface area contributed by atoms with Crippen LogP contribution in [0.3, 0.4) is 0 Å². The van der Waals surface area contributed by atoms with E-state index in [-0.39, 0.29) is 11.7 Å². The van der Waals surface area contributed by atoms with Crippen LogP contribution in [0.15, 0.2) is 48.8 Å². The van der Waals surface area contributed by atoms with Gasteiger partial charge in [-0.25, -0.2) is 0 Å². The number of benzene rings is 2. The maximum Gasteiger partial charge on any atom is 0.251 e. The molecule has 3 rings (SSSR count). The Morgan fingerprint density at radius 2 is 2.04 bits per heavy atom. The SMILES string of the molecule is CCn1cnnc1CCNC(=O)c1cccc(-c2ccc(O)c(OC)c2)c1. The maximum atomic E-state index is 12.5. The summed E-state index contributed by atoms with van der Waals surface area (Å²) in [5.41, 5.74) is 2.29. The van der Waals surface area contributed by atoms with Crippen LogP contribution in [0.1, 0.15) is 23.1 Å². The molecular weight excluding hydrogens is 344 g/mol. The van der Waals surface area contributed by atoms with Gasteiger partial charge >= 0.3 is 0 Å². The van der Waals surface area contributed by atoms with Gasteiger partial charge in [-0.1, -0.05) is 18.2 Å². The molecule has 1 aromatic heterocycles. The number of nitrogens with zero attached hydrogens (tertiary/aromatic N) is 3. The second-order valence-electron chi connectivity index (χ2n) is 6.01. The Hall–Kier alpha value is -3.35. The number of hydrogen-bond donors (Lipinski definition) is 2. The van der Waals surface area contributed by atoms with Gasteiger partial charge in [0.25, 0.3) is 5.91 Å². The van der Waals surface area contributed by atoms with E-state index in [1.165, 1.54) is 7.11 Å². The molecule has 0 unspecified atom stereocenters. The number of aromatic nitrogens is 3. The van der Waals surface area contributed by atoms with Crippen LogP contribution in [0.25, 0.3) is 11.1 Å². The number of hydrogen-bond acceptors (Lipinski definition) is 5. The first-order valence-electron chi connectivity index (χ1n) is 8.74. The van der Waals surface area contributed by atoms with Crippen molar-refractivity contribution >= 4 is 5.91 Å². The normalized spacial score (nSPS) is 10.6. The quantitative estimate of drug-likeness (QED) is 0.671. The van der Waals surface area contributed by atoms with Gasteiger partial charge in [-0.15, -0.1) is 10.2 Å². The molecule has 0 atom stereocenters. The molecule has 0 spiro atoms. The summed E-state index contributed by atoms with van der Waals surface area (Å²) in [6, 6.07) is 12.4. The van der Waals surface area contributed by atoms with Gasteiger partial charge in [0, 0.05) is 25.1 Å². The summed E-state index contributed by atoms with van der Waals surface area (Å²) in [6.07, 6.45) is 2.31. The number of aryl methyl sites for hydroxylation is 1. The molecule has 2 aromatic carbocycles. The lowest BCUT2D eigenvalue weighted by molar-refractivity contribution is 0.0954. The first-order chi connectivity index (χ1) is 13.1. The highest BCUT2D eigenvalue weighted by Gasteiger charge is 2.10. The van der Waals surface area contributed by atoms with E-state index in [1.54, 1.807) is 30.6 Å². The zero-order valence-corrected chi connectivity index (χ0v) is 15.3. The van der Waals surface area contributed by atoms with Crippen molar-refractivity contribution < 1.29 is 14.6 Å². The van der Waals surface area contributed by atoms with Crippen molar-refractivity contribution in [3.8, 4) is 22.6 Å². The Labute approximate surface area is 157 Å². The van der Waals surface area contributed by atoms with Crippen molar-refractivity contribution in [3.05, 3.63) is 60.2 Å². The third-order valence-electron chi connectivity index (χ3n) is 4.31. The van der Waals surface area contributed by atoms with E-state index in [1.807, 2.05) is 29.7 Å². The molecule has 2 N–H and O–H groups in total. The first kappa shape index (κ1) is 18.4. The number of aromatic hydroxyl groups is 1. The number of rotatable bonds is 7. The Balaban J connectivity index is 1.68. The van der Waals surface area contributed by atoms with E-state index < -0.39 is 0 Å². The van der Waals surface area contributed by atoms with Crippen molar-refractivity contribution in [2.45, 2.75) is 19.9 Å². The number of phenols is 1. The summed E-state index contributed by atoms with van der Waals surface area (Å²) >= 11 is 0. The van der Waals surface area contributed by atoms with Crippen molar-refractivity contribution in [2.75, 3.05) is 13.7 Å². The van der Waals surface area contributed by atoms with Gasteiger partial charge in [-0.3, -0.25) is 4.79 Å². The van der Waals surface area contributed by atoms with E-state index >= 15 is 0 Å². The van der Waals surface area contributed by atoms with Gasteiger partial charge in [0.15, 0.2) is 11.5 Å². The van der Waals surface area contributed by atoms with Gasteiger partial charge in [0.1, 0.15) is 12.2 Å². The van der Waals surface area contributed by atoms with E-state index in [0.29, 0.717) is 24.3 Å². The van der Waals surface area contributed by atoms with E-state index in [4.69, 9.17) is 4.74 Å². The Bertz CT molecular complexity index is 936. The summed E-state index contributed by atoms with van der Waals surface area (Å²) in [6.45, 7) is 3.30. The summed E-state index contributed by atoms with van der Waals surface area (Å²) in [5, 5.41) is 20.6. The molecule has 140 valence electrons. The molecule has 0 saturated heterocycles. The number of carbonyl (C=O) groups is 1. The van der Waals surface area contributed by atoms with Crippen LogP contribution in [0.2, 0.25) is 0 Å². The Morgan fingerprint density at radius 1 is 1.22 bits per heavy atom. The molecule has 1 amide bonds. The van der Waals surface area contributed by atoms with E-state index in [9.17, 15) is 9.90 Å². The third-order valence-corrected chi connectivity index (χ3v) is 4.31. The highest BCUT2D eigenvalue weighted by Crippen LogP contribution is 2.31. The van der Waals surface area contributed by atoms with Gasteiger partial charge in [0.2, 0.25) is 0 Å². The molecule has 27 heavy (non-hydrogen) atoms. The fourth-order valence-corrected chi connectivity index (χ4v) is 2.82. The average Bonchev–Trinajstić information content (AvgIpc) is 3.16. The highest BCUT2D eigenvalue weighted by atomic mass is 16.5. The predicted octanol–water partition coefficient (Wildman–Crippen LogP) is 2.65. The second kappa shape index (κ2) is 8.35. The van der Waals surface area contributed by atoms with Crippen LogP contribution in [0.5, 0.6) is 11.5 Å². The number of ether oxygens (including phenoxy) is 1. The summed E-state index contributed by atoms with van der Waals surface area (Å²) in [7, 11) is 1.50. The lowest BCUT2D eigenvalue weighted by atomic mass is 10.0. The molecular formula is C20H22N4O3. The van der Waals surface area contributed by atoms with Crippen LogP contribution in [0.4, 0.5) is 0 Å². The second-order valence-corrected chi connectivity index (χ2v) is 6.01. The smallest absolute Gasteiger partial charge is 0.251 e. The molecule has 7 nitrogen and oxygen atoms in total. The molecule has 0 saturated carbocycles. The van der Waals surface area contributed by atoms with Crippen LogP contribution in [-0.4, -0.2) is 39.4 Å². The fourth-order valence-electron chi connectivity index (χ4n) is 2.82. The van der Waals surface area contributed by atoms with Crippen LogP contribution in [-0.2, 0) is 13.0 Å². The van der Waals surface area contributed by atoms with Crippen LogP contribution in [0, 0.1) is 0 Å². The van der Waals surface area contributed by atoms with Gasteiger partial charge in [-0.05, 0) is 42.3 Å². The van der Waals surface area contributed by atoms with Crippen LogP contribution < -0.4 is 10.1 Å². The molecule has 0 aliphatic rings. The zero-order valence-electron chi connectivity index (χ0n) is 15.3. The molecule has 0 radical (unpaired) electrons. The molecule has 0 bridgehead atoms. The van der Waals surface area contributed by atoms with Gasteiger partial charge in [0.05, 0.1) is 7.11 Å². The fraction of sp³-hybridized carbons (Fsp3) is 0.250. The minimum atomic E-state index is -0.148. The standard InChI is InChI=1S/C20H22N4O3/c1-3-24-13-22-23-19(24)9-10-21-20(26)16-6-4-5-14(11-16)15-7-8-17(25)18(12-15)27-2/h4-8,11-13,25H,3,9-10H2,1-2H3,(H,21,26). The molecule has 1 heterocycles. The van der Waals surface area contributed by atoms with Gasteiger partial charge < -0.3 is 19.7 Å². The third kappa shape index (κ3) is 4.25. The predicted molar refractivity (Wildman–Crippen MR) is 102 cm³/mol. The minimum Gasteiger partial charge on any atom is -0.504 e. The summed E-state index contributed by atoms with van der Waals surface area (Å²) < 4.78 is 7.10. The van der Waals surface area contributed by atoms with Crippen molar-refractivity contribution in [3.63, 3.8) is 0 Å². The van der Waals surface area contributed by atoms with Crippen LogP contribution >= 0.6 is 0 Å². The molecule has 0 aliphatic carbocycles.